The average molecular weight is 694 g/mol. The Labute approximate surface area is 313 Å². The van der Waals surface area contributed by atoms with Crippen LogP contribution in [0.5, 0.6) is 0 Å². The van der Waals surface area contributed by atoms with Crippen molar-refractivity contribution >= 4 is 21.9 Å². The Hall–Kier alpha value is -6.65. The maximum atomic E-state index is 6.55. The van der Waals surface area contributed by atoms with Crippen LogP contribution in [0.2, 0.25) is 0 Å². The van der Waals surface area contributed by atoms with E-state index in [4.69, 9.17) is 19.4 Å². The number of nitrogens with zero attached hydrogens (tertiary/aromatic N) is 3. The highest BCUT2D eigenvalue weighted by molar-refractivity contribution is 6.13. The third-order valence-electron chi connectivity index (χ3n) is 11.7. The number of rotatable bonds is 5. The molecular formula is C50H35N3O. The highest BCUT2D eigenvalue weighted by atomic mass is 16.3. The Morgan fingerprint density at radius 3 is 1.78 bits per heavy atom. The number of furan rings is 1. The van der Waals surface area contributed by atoms with E-state index in [1.54, 1.807) is 0 Å². The molecule has 0 atom stereocenters. The van der Waals surface area contributed by atoms with E-state index in [0.717, 1.165) is 68.2 Å². The van der Waals surface area contributed by atoms with Crippen LogP contribution in [0.25, 0.3) is 89.5 Å². The van der Waals surface area contributed by atoms with E-state index in [2.05, 4.69) is 146 Å². The van der Waals surface area contributed by atoms with Crippen LogP contribution in [0.4, 0.5) is 0 Å². The van der Waals surface area contributed by atoms with E-state index in [0.29, 0.717) is 17.5 Å². The van der Waals surface area contributed by atoms with Crippen molar-refractivity contribution in [2.75, 3.05) is 0 Å². The third-order valence-corrected chi connectivity index (χ3v) is 11.7. The van der Waals surface area contributed by atoms with Gasteiger partial charge in [0, 0.05) is 32.9 Å². The van der Waals surface area contributed by atoms with Crippen LogP contribution in [0.1, 0.15) is 36.8 Å². The van der Waals surface area contributed by atoms with Gasteiger partial charge in [0.1, 0.15) is 11.2 Å². The van der Waals surface area contributed by atoms with Gasteiger partial charge in [-0.3, -0.25) is 0 Å². The largest absolute Gasteiger partial charge is 0.456 e. The van der Waals surface area contributed by atoms with E-state index >= 15 is 0 Å². The second-order valence-electron chi connectivity index (χ2n) is 14.7. The fourth-order valence-electron chi connectivity index (χ4n) is 9.27. The van der Waals surface area contributed by atoms with Crippen LogP contribution in [-0.2, 0) is 5.41 Å². The predicted octanol–water partition coefficient (Wildman–Crippen LogP) is 12.9. The summed E-state index contributed by atoms with van der Waals surface area (Å²) in [6.45, 7) is 0. The van der Waals surface area contributed by atoms with E-state index in [-0.39, 0.29) is 5.41 Å². The Bertz CT molecular complexity index is 2870. The van der Waals surface area contributed by atoms with Crippen LogP contribution < -0.4 is 0 Å². The third kappa shape index (κ3) is 4.80. The van der Waals surface area contributed by atoms with Crippen LogP contribution >= 0.6 is 0 Å². The van der Waals surface area contributed by atoms with Crippen LogP contribution in [0.15, 0.2) is 168 Å². The molecular weight excluding hydrogens is 659 g/mol. The highest BCUT2D eigenvalue weighted by Crippen LogP contribution is 2.59. The number of benzene rings is 7. The molecule has 1 fully saturated rings. The molecule has 0 bridgehead atoms. The molecule has 1 spiro atoms. The van der Waals surface area contributed by atoms with Crippen molar-refractivity contribution < 1.29 is 4.42 Å². The zero-order valence-corrected chi connectivity index (χ0v) is 29.7. The summed E-state index contributed by atoms with van der Waals surface area (Å²) < 4.78 is 6.55. The van der Waals surface area contributed by atoms with Crippen molar-refractivity contribution in [3.63, 3.8) is 0 Å². The van der Waals surface area contributed by atoms with Gasteiger partial charge in [0.05, 0.1) is 0 Å². The minimum Gasteiger partial charge on any atom is -0.456 e. The van der Waals surface area contributed by atoms with Gasteiger partial charge in [-0.2, -0.15) is 0 Å². The smallest absolute Gasteiger partial charge is 0.164 e. The maximum Gasteiger partial charge on any atom is 0.164 e. The van der Waals surface area contributed by atoms with Crippen LogP contribution in [0.3, 0.4) is 0 Å². The Morgan fingerprint density at radius 1 is 0.407 bits per heavy atom. The first-order valence-electron chi connectivity index (χ1n) is 18.9. The van der Waals surface area contributed by atoms with E-state index < -0.39 is 0 Å². The van der Waals surface area contributed by atoms with E-state index in [1.165, 1.54) is 40.7 Å². The number of hydrogen-bond donors (Lipinski definition) is 0. The second kappa shape index (κ2) is 12.2. The lowest BCUT2D eigenvalue weighted by Gasteiger charge is -2.28. The number of aromatic nitrogens is 3. The van der Waals surface area contributed by atoms with Crippen LogP contribution in [-0.4, -0.2) is 15.0 Å². The first kappa shape index (κ1) is 30.9. The minimum absolute atomic E-state index is 0.0313. The molecule has 1 saturated carbocycles. The molecule has 9 aromatic rings. The summed E-state index contributed by atoms with van der Waals surface area (Å²) in [5.74, 6) is 1.98. The van der Waals surface area contributed by atoms with Gasteiger partial charge >= 0.3 is 0 Å². The molecule has 2 aromatic heterocycles. The summed E-state index contributed by atoms with van der Waals surface area (Å²) in [7, 11) is 0. The summed E-state index contributed by atoms with van der Waals surface area (Å²) in [5.41, 5.74) is 14.7. The fraction of sp³-hybridized carbons (Fsp3) is 0.100. The quantitative estimate of drug-likeness (QED) is 0.180. The molecule has 2 heterocycles. The van der Waals surface area contributed by atoms with Gasteiger partial charge in [-0.25, -0.2) is 15.0 Å². The maximum absolute atomic E-state index is 6.55. The zero-order chi connectivity index (χ0) is 35.6. The topological polar surface area (TPSA) is 51.8 Å². The van der Waals surface area contributed by atoms with Gasteiger partial charge in [0.25, 0.3) is 0 Å². The van der Waals surface area contributed by atoms with Crippen molar-refractivity contribution in [1.29, 1.82) is 0 Å². The second-order valence-corrected chi connectivity index (χ2v) is 14.7. The van der Waals surface area contributed by atoms with Gasteiger partial charge < -0.3 is 4.42 Å². The van der Waals surface area contributed by atoms with Gasteiger partial charge in [0.2, 0.25) is 0 Å². The predicted molar refractivity (Wildman–Crippen MR) is 219 cm³/mol. The summed E-state index contributed by atoms with van der Waals surface area (Å²) >= 11 is 0. The molecule has 2 aliphatic carbocycles. The van der Waals surface area contributed by atoms with Crippen molar-refractivity contribution in [1.82, 2.24) is 15.0 Å². The lowest BCUT2D eigenvalue weighted by Crippen LogP contribution is -2.21. The first-order valence-corrected chi connectivity index (χ1v) is 18.9. The standard InChI is InChI=1S/C50H35N3O/c1-3-13-32(14-4-1)33-23-25-35(26-24-33)47-51-48(36-27-28-40-44(31-36)54-43-22-12-18-37(45(40)43)34-15-5-2-6-16-34)53-49(52-47)41-20-11-19-39-38-17-7-8-21-42(38)50(46(39)41)29-9-10-30-50/h1-8,11-28,31H,9-10,29-30H2. The molecule has 4 heteroatoms. The van der Waals surface area contributed by atoms with Crippen molar-refractivity contribution in [2.24, 2.45) is 0 Å². The highest BCUT2D eigenvalue weighted by Gasteiger charge is 2.46. The van der Waals surface area contributed by atoms with E-state index in [1.807, 2.05) is 18.2 Å². The molecule has 0 aliphatic heterocycles. The Morgan fingerprint density at radius 2 is 0.981 bits per heavy atom. The van der Waals surface area contributed by atoms with Gasteiger partial charge in [-0.1, -0.05) is 158 Å². The van der Waals surface area contributed by atoms with Gasteiger partial charge in [-0.15, -0.1) is 0 Å². The summed E-state index contributed by atoms with van der Waals surface area (Å²) in [4.78, 5) is 15.8. The minimum atomic E-state index is -0.0313. The lowest BCUT2D eigenvalue weighted by atomic mass is 9.75. The van der Waals surface area contributed by atoms with Gasteiger partial charge in [-0.05, 0) is 75.5 Å². The molecule has 0 saturated heterocycles. The Balaban J connectivity index is 1.10. The molecule has 0 N–H and O–H groups in total. The molecule has 11 rings (SSSR count). The molecule has 0 amide bonds. The molecule has 2 aliphatic rings. The fourth-order valence-corrected chi connectivity index (χ4v) is 9.27. The SMILES string of the molecule is c1ccc(-c2ccc(-c3nc(-c4ccc5c(c4)oc4cccc(-c6ccccc6)c45)nc(-c4cccc5c4C4(CCCC4)c4ccccc4-5)n3)cc2)cc1. The lowest BCUT2D eigenvalue weighted by molar-refractivity contribution is 0.551. The molecule has 0 unspecified atom stereocenters. The monoisotopic (exact) mass is 693 g/mol. The average Bonchev–Trinajstić information content (AvgIpc) is 3.96. The molecule has 54 heavy (non-hydrogen) atoms. The van der Waals surface area contributed by atoms with Crippen molar-refractivity contribution in [3.8, 4) is 67.5 Å². The Kier molecular flexibility index (Phi) is 6.99. The van der Waals surface area contributed by atoms with E-state index in [9.17, 15) is 0 Å². The van der Waals surface area contributed by atoms with Crippen molar-refractivity contribution in [2.45, 2.75) is 31.1 Å². The van der Waals surface area contributed by atoms with Gasteiger partial charge in [0.15, 0.2) is 17.5 Å². The number of hydrogen-bond acceptors (Lipinski definition) is 4. The summed E-state index contributed by atoms with van der Waals surface area (Å²) in [6.07, 6.45) is 4.70. The normalized spacial score (nSPS) is 14.1. The molecule has 4 nitrogen and oxygen atoms in total. The molecule has 256 valence electrons. The van der Waals surface area contributed by atoms with Crippen molar-refractivity contribution in [3.05, 3.63) is 175 Å². The van der Waals surface area contributed by atoms with Crippen LogP contribution in [0, 0.1) is 0 Å². The zero-order valence-electron chi connectivity index (χ0n) is 29.7. The summed E-state index contributed by atoms with van der Waals surface area (Å²) in [6, 6.07) is 57.9. The summed E-state index contributed by atoms with van der Waals surface area (Å²) in [5, 5.41) is 2.18. The number of fused-ring (bicyclic) bond motifs is 8. The molecule has 0 radical (unpaired) electrons. The first-order chi connectivity index (χ1) is 26.7. The molecule has 7 aromatic carbocycles.